The van der Waals surface area contributed by atoms with E-state index in [9.17, 15) is 28.0 Å². The van der Waals surface area contributed by atoms with Gasteiger partial charge in [-0.3, -0.25) is 24.5 Å². The summed E-state index contributed by atoms with van der Waals surface area (Å²) >= 11 is 5.95. The number of hydroxylamine groups is 1. The molecule has 0 spiro atoms. The van der Waals surface area contributed by atoms with Crippen LogP contribution in [0.3, 0.4) is 0 Å². The van der Waals surface area contributed by atoms with E-state index in [-0.39, 0.29) is 29.0 Å². The highest BCUT2D eigenvalue weighted by Crippen LogP contribution is 2.27. The maximum absolute atomic E-state index is 13.3. The molecule has 1 aliphatic heterocycles. The predicted molar refractivity (Wildman–Crippen MR) is 133 cm³/mol. The van der Waals surface area contributed by atoms with Gasteiger partial charge in [0.05, 0.1) is 16.0 Å². The van der Waals surface area contributed by atoms with Crippen molar-refractivity contribution in [1.29, 1.82) is 0 Å². The van der Waals surface area contributed by atoms with E-state index in [1.165, 1.54) is 48.9 Å². The smallest absolute Gasteiger partial charge is 0.261 e. The first-order chi connectivity index (χ1) is 17.6. The summed E-state index contributed by atoms with van der Waals surface area (Å²) in [6.07, 6.45) is -0.246. The number of likely N-dealkylation sites (N-methyl/N-ethyl adjacent to an activating group) is 1. The van der Waals surface area contributed by atoms with Crippen LogP contribution in [-0.2, 0) is 14.8 Å². The summed E-state index contributed by atoms with van der Waals surface area (Å²) in [5.41, 5.74) is 1.93. The van der Waals surface area contributed by atoms with Gasteiger partial charge in [0.25, 0.3) is 17.7 Å². The number of nitrogens with zero attached hydrogens (tertiary/aromatic N) is 2. The second kappa shape index (κ2) is 10.7. The zero-order valence-corrected chi connectivity index (χ0v) is 21.1. The van der Waals surface area contributed by atoms with Gasteiger partial charge in [-0.2, -0.15) is 4.31 Å². The Bertz CT molecular complexity index is 1430. The number of amides is 3. The van der Waals surface area contributed by atoms with Crippen LogP contribution in [-0.4, -0.2) is 60.2 Å². The van der Waals surface area contributed by atoms with Crippen molar-refractivity contribution in [2.75, 3.05) is 13.6 Å². The van der Waals surface area contributed by atoms with E-state index in [1.54, 1.807) is 36.4 Å². The average molecular weight is 544 g/mol. The van der Waals surface area contributed by atoms with Gasteiger partial charge < -0.3 is 4.74 Å². The molecule has 0 aliphatic carbocycles. The quantitative estimate of drug-likeness (QED) is 0.240. The molecule has 3 amide bonds. The highest BCUT2D eigenvalue weighted by Gasteiger charge is 2.38. The average Bonchev–Trinajstić information content (AvgIpc) is 3.13. The molecule has 0 aromatic heterocycles. The molecule has 37 heavy (non-hydrogen) atoms. The number of imide groups is 1. The molecule has 4 rings (SSSR count). The number of nitrogens with one attached hydrogen (secondary N) is 1. The van der Waals surface area contributed by atoms with E-state index in [1.807, 2.05) is 0 Å². The number of benzene rings is 3. The third kappa shape index (κ3) is 5.35. The van der Waals surface area contributed by atoms with Crippen LogP contribution in [0, 0.1) is 0 Å². The predicted octanol–water partition coefficient (Wildman–Crippen LogP) is 3.31. The van der Waals surface area contributed by atoms with E-state index in [2.05, 4.69) is 0 Å². The Labute approximate surface area is 218 Å². The van der Waals surface area contributed by atoms with Gasteiger partial charge in [0.1, 0.15) is 17.5 Å². The molecule has 0 radical (unpaired) electrons. The molecule has 2 N–H and O–H groups in total. The summed E-state index contributed by atoms with van der Waals surface area (Å²) in [5.74, 6) is -1.26. The lowest BCUT2D eigenvalue weighted by Gasteiger charge is -2.27. The van der Waals surface area contributed by atoms with Crippen LogP contribution in [0.4, 0.5) is 0 Å². The molecule has 0 bridgehead atoms. The van der Waals surface area contributed by atoms with Crippen LogP contribution >= 0.6 is 11.6 Å². The Hall–Kier alpha value is -3.77. The SMILES string of the molecule is CN(C(CCN1C(=O)c2ccccc2C1=O)C(=O)NO)S(=O)(=O)c1ccc(Oc2cccc(Cl)c2)cc1. The Morgan fingerprint density at radius 2 is 1.62 bits per heavy atom. The lowest BCUT2D eigenvalue weighted by molar-refractivity contribution is -0.133. The van der Waals surface area contributed by atoms with Crippen molar-refractivity contribution < 1.29 is 32.7 Å². The summed E-state index contributed by atoms with van der Waals surface area (Å²) < 4.78 is 33.0. The van der Waals surface area contributed by atoms with Crippen LogP contribution in [0.15, 0.2) is 77.7 Å². The topological polar surface area (TPSA) is 133 Å². The van der Waals surface area contributed by atoms with Gasteiger partial charge >= 0.3 is 0 Å². The van der Waals surface area contributed by atoms with Gasteiger partial charge in [-0.05, 0) is 61.0 Å². The molecule has 1 heterocycles. The van der Waals surface area contributed by atoms with Crippen LogP contribution in [0.2, 0.25) is 5.02 Å². The first-order valence-electron chi connectivity index (χ1n) is 11.0. The van der Waals surface area contributed by atoms with Crippen LogP contribution in [0.25, 0.3) is 0 Å². The zero-order valence-electron chi connectivity index (χ0n) is 19.5. The summed E-state index contributed by atoms with van der Waals surface area (Å²) in [6.45, 7) is -0.239. The molecule has 12 heteroatoms. The Morgan fingerprint density at radius 1 is 1.00 bits per heavy atom. The van der Waals surface area contributed by atoms with Gasteiger partial charge in [0.2, 0.25) is 10.0 Å². The normalized spacial score (nSPS) is 14.0. The fourth-order valence-electron chi connectivity index (χ4n) is 3.93. The van der Waals surface area contributed by atoms with Gasteiger partial charge in [-0.1, -0.05) is 29.8 Å². The number of rotatable bonds is 9. The Morgan fingerprint density at radius 3 is 2.19 bits per heavy atom. The van der Waals surface area contributed by atoms with Crippen molar-refractivity contribution in [2.24, 2.45) is 0 Å². The Balaban J connectivity index is 1.50. The number of hydrogen-bond donors (Lipinski definition) is 2. The molecule has 192 valence electrons. The molecule has 1 aliphatic rings. The van der Waals surface area contributed by atoms with Crippen LogP contribution in [0.1, 0.15) is 27.1 Å². The van der Waals surface area contributed by atoms with Crippen molar-refractivity contribution in [3.63, 3.8) is 0 Å². The minimum atomic E-state index is -4.22. The second-order valence-electron chi connectivity index (χ2n) is 8.14. The van der Waals surface area contributed by atoms with E-state index >= 15 is 0 Å². The van der Waals surface area contributed by atoms with E-state index in [0.29, 0.717) is 16.5 Å². The largest absolute Gasteiger partial charge is 0.457 e. The minimum absolute atomic E-state index is 0.134. The molecule has 1 unspecified atom stereocenters. The van der Waals surface area contributed by atoms with E-state index in [4.69, 9.17) is 16.3 Å². The fraction of sp³-hybridized carbons (Fsp3) is 0.160. The summed E-state index contributed by atoms with van der Waals surface area (Å²) in [4.78, 5) is 38.5. The first kappa shape index (κ1) is 26.3. The molecule has 0 saturated carbocycles. The molecule has 0 saturated heterocycles. The van der Waals surface area contributed by atoms with Crippen molar-refractivity contribution >= 4 is 39.3 Å². The lowest BCUT2D eigenvalue weighted by Crippen LogP contribution is -2.48. The molecular formula is C25H22ClN3O7S. The third-order valence-corrected chi connectivity index (χ3v) is 8.00. The molecule has 1 atom stereocenters. The highest BCUT2D eigenvalue weighted by atomic mass is 35.5. The number of ether oxygens (including phenoxy) is 1. The fourth-order valence-corrected chi connectivity index (χ4v) is 5.46. The number of carbonyl (C=O) groups is 3. The van der Waals surface area contributed by atoms with Crippen LogP contribution in [0.5, 0.6) is 11.5 Å². The molecule has 0 fully saturated rings. The van der Waals surface area contributed by atoms with E-state index < -0.39 is 33.8 Å². The maximum atomic E-state index is 13.3. The minimum Gasteiger partial charge on any atom is -0.457 e. The van der Waals surface area contributed by atoms with Crippen molar-refractivity contribution in [1.82, 2.24) is 14.7 Å². The van der Waals surface area contributed by atoms with E-state index in [0.717, 1.165) is 9.21 Å². The highest BCUT2D eigenvalue weighted by molar-refractivity contribution is 7.89. The monoisotopic (exact) mass is 543 g/mol. The molecule has 3 aromatic carbocycles. The molecule has 10 nitrogen and oxygen atoms in total. The number of hydrogen-bond acceptors (Lipinski definition) is 7. The molecular weight excluding hydrogens is 522 g/mol. The van der Waals surface area contributed by atoms with Crippen molar-refractivity contribution in [3.05, 3.63) is 88.9 Å². The van der Waals surface area contributed by atoms with Crippen molar-refractivity contribution in [3.8, 4) is 11.5 Å². The maximum Gasteiger partial charge on any atom is 0.261 e. The number of carbonyl (C=O) groups excluding carboxylic acids is 3. The van der Waals surface area contributed by atoms with Gasteiger partial charge in [-0.25, -0.2) is 13.9 Å². The van der Waals surface area contributed by atoms with Crippen LogP contribution < -0.4 is 10.2 Å². The Kier molecular flexibility index (Phi) is 7.60. The van der Waals surface area contributed by atoms with Crippen molar-refractivity contribution in [2.45, 2.75) is 17.4 Å². The summed E-state index contributed by atoms with van der Waals surface area (Å²) in [7, 11) is -3.05. The number of sulfonamides is 1. The van der Waals surface area contributed by atoms with Gasteiger partial charge in [0.15, 0.2) is 0 Å². The molecule has 3 aromatic rings. The number of halogens is 1. The standard InChI is InChI=1S/C25H22ClN3O7S/c1-28(37(34,35)19-11-9-17(10-12-19)36-18-6-4-5-16(26)15-18)22(23(30)27-33)13-14-29-24(31)20-7-2-3-8-21(20)25(29)32/h2-12,15,22,33H,13-14H2,1H3,(H,27,30). The second-order valence-corrected chi connectivity index (χ2v) is 10.6. The third-order valence-electron chi connectivity index (χ3n) is 5.89. The zero-order chi connectivity index (χ0) is 26.7. The number of fused-ring (bicyclic) bond motifs is 1. The lowest BCUT2D eigenvalue weighted by atomic mass is 10.1. The summed E-state index contributed by atoms with van der Waals surface area (Å²) in [5, 5.41) is 9.71. The summed E-state index contributed by atoms with van der Waals surface area (Å²) in [6, 6.07) is 17.1. The first-order valence-corrected chi connectivity index (χ1v) is 12.9. The van der Waals surface area contributed by atoms with Gasteiger partial charge in [-0.15, -0.1) is 0 Å². The van der Waals surface area contributed by atoms with Gasteiger partial charge in [0, 0.05) is 18.6 Å².